The predicted molar refractivity (Wildman–Crippen MR) is 128 cm³/mol. The highest BCUT2D eigenvalue weighted by Gasteiger charge is 2.24. The maximum absolute atomic E-state index is 12.8. The molecule has 166 valence electrons. The van der Waals surface area contributed by atoms with E-state index >= 15 is 0 Å². The number of nitrogens with one attached hydrogen (secondary N) is 1. The molecule has 1 N–H and O–H groups in total. The van der Waals surface area contributed by atoms with Crippen LogP contribution in [-0.2, 0) is 4.79 Å². The highest BCUT2D eigenvalue weighted by atomic mass is 35.5. The van der Waals surface area contributed by atoms with Crippen LogP contribution in [0.4, 0.5) is 11.6 Å². The number of thioether (sulfide) groups is 1. The Kier molecular flexibility index (Phi) is 5.94. The van der Waals surface area contributed by atoms with Crippen LogP contribution in [0.1, 0.15) is 18.6 Å². The van der Waals surface area contributed by atoms with Crippen LogP contribution in [0.2, 0.25) is 5.02 Å². The minimum atomic E-state index is -0.278. The number of carbonyl (C=O) groups is 1. The van der Waals surface area contributed by atoms with Crippen LogP contribution in [0, 0.1) is 11.3 Å². The summed E-state index contributed by atoms with van der Waals surface area (Å²) >= 11 is 7.75. The van der Waals surface area contributed by atoms with Crippen LogP contribution in [0.5, 0.6) is 0 Å². The molecule has 1 aliphatic heterocycles. The summed E-state index contributed by atoms with van der Waals surface area (Å²) in [6.07, 6.45) is 2.19. The molecule has 2 aromatic heterocycles. The first kappa shape index (κ1) is 21.4. The SMILES string of the molecule is N#Cc1oc2ccccc2c1NC(=O)CSc1nnc(N2CCCC2)n1-c1ccccc1Cl. The Bertz CT molecular complexity index is 1370. The molecule has 1 amide bonds. The van der Waals surface area contributed by atoms with Crippen LogP contribution >= 0.6 is 23.4 Å². The number of aromatic nitrogens is 3. The molecule has 0 spiro atoms. The number of halogens is 1. The van der Waals surface area contributed by atoms with Gasteiger partial charge >= 0.3 is 0 Å². The summed E-state index contributed by atoms with van der Waals surface area (Å²) in [7, 11) is 0. The molecule has 0 radical (unpaired) electrons. The van der Waals surface area contributed by atoms with Crippen LogP contribution in [0.3, 0.4) is 0 Å². The Balaban J connectivity index is 1.40. The van der Waals surface area contributed by atoms with E-state index in [0.29, 0.717) is 26.8 Å². The van der Waals surface area contributed by atoms with Crippen molar-refractivity contribution in [1.82, 2.24) is 14.8 Å². The third-order valence-corrected chi connectivity index (χ3v) is 6.64. The average Bonchev–Trinajstić information content (AvgIpc) is 3.57. The normalized spacial score (nSPS) is 13.4. The summed E-state index contributed by atoms with van der Waals surface area (Å²) in [5, 5.41) is 22.8. The first-order valence-electron chi connectivity index (χ1n) is 10.5. The number of amides is 1. The largest absolute Gasteiger partial charge is 0.443 e. The molecule has 1 fully saturated rings. The van der Waals surface area contributed by atoms with Gasteiger partial charge in [-0.3, -0.25) is 9.36 Å². The number of para-hydroxylation sites is 2. The van der Waals surface area contributed by atoms with Gasteiger partial charge in [0.05, 0.1) is 16.5 Å². The second kappa shape index (κ2) is 9.17. The fourth-order valence-corrected chi connectivity index (χ4v) is 4.84. The highest BCUT2D eigenvalue weighted by molar-refractivity contribution is 7.99. The maximum Gasteiger partial charge on any atom is 0.234 e. The maximum atomic E-state index is 12.8. The monoisotopic (exact) mass is 478 g/mol. The quantitative estimate of drug-likeness (QED) is 0.394. The minimum absolute atomic E-state index is 0.0742. The lowest BCUT2D eigenvalue weighted by molar-refractivity contribution is -0.113. The van der Waals surface area contributed by atoms with E-state index in [9.17, 15) is 10.1 Å². The fraction of sp³-hybridized carbons (Fsp3) is 0.217. The average molecular weight is 479 g/mol. The fourth-order valence-electron chi connectivity index (χ4n) is 3.88. The Morgan fingerprint density at radius 3 is 2.70 bits per heavy atom. The van der Waals surface area contributed by atoms with Gasteiger partial charge in [-0.25, -0.2) is 0 Å². The van der Waals surface area contributed by atoms with Crippen LogP contribution in [0.15, 0.2) is 58.1 Å². The summed E-state index contributed by atoms with van der Waals surface area (Å²) in [5.41, 5.74) is 1.69. The topological polar surface area (TPSA) is 100.0 Å². The molecule has 2 aromatic carbocycles. The van der Waals surface area contributed by atoms with E-state index in [1.54, 1.807) is 12.1 Å². The van der Waals surface area contributed by atoms with Crippen molar-refractivity contribution < 1.29 is 9.21 Å². The van der Waals surface area contributed by atoms with Crippen molar-refractivity contribution in [3.63, 3.8) is 0 Å². The summed E-state index contributed by atoms with van der Waals surface area (Å²) in [6.45, 7) is 1.80. The van der Waals surface area contributed by atoms with Gasteiger partial charge in [0.25, 0.3) is 0 Å². The van der Waals surface area contributed by atoms with Crippen LogP contribution in [0.25, 0.3) is 16.7 Å². The number of fused-ring (bicyclic) bond motifs is 1. The van der Waals surface area contributed by atoms with Crippen molar-refractivity contribution in [2.45, 2.75) is 18.0 Å². The number of benzene rings is 2. The van der Waals surface area contributed by atoms with Gasteiger partial charge in [0.1, 0.15) is 17.3 Å². The lowest BCUT2D eigenvalue weighted by Crippen LogP contribution is -2.22. The molecule has 1 saturated heterocycles. The second-order valence-electron chi connectivity index (χ2n) is 7.51. The zero-order valence-corrected chi connectivity index (χ0v) is 19.1. The second-order valence-corrected chi connectivity index (χ2v) is 8.86. The van der Waals surface area contributed by atoms with Crippen molar-refractivity contribution in [3.8, 4) is 11.8 Å². The van der Waals surface area contributed by atoms with E-state index in [2.05, 4.69) is 20.4 Å². The highest BCUT2D eigenvalue weighted by Crippen LogP contribution is 2.33. The zero-order chi connectivity index (χ0) is 22.8. The molecule has 10 heteroatoms. The summed E-state index contributed by atoms with van der Waals surface area (Å²) in [5.74, 6) is 0.591. The van der Waals surface area contributed by atoms with Gasteiger partial charge < -0.3 is 14.6 Å². The number of anilines is 2. The molecule has 0 bridgehead atoms. The van der Waals surface area contributed by atoms with E-state index in [4.69, 9.17) is 16.0 Å². The zero-order valence-electron chi connectivity index (χ0n) is 17.5. The smallest absolute Gasteiger partial charge is 0.234 e. The molecule has 0 atom stereocenters. The van der Waals surface area contributed by atoms with Crippen molar-refractivity contribution in [1.29, 1.82) is 5.26 Å². The molecule has 4 aromatic rings. The molecule has 0 aliphatic carbocycles. The summed E-state index contributed by atoms with van der Waals surface area (Å²) < 4.78 is 7.44. The molecular formula is C23H19ClN6O2S. The lowest BCUT2D eigenvalue weighted by Gasteiger charge is -2.19. The Hall–Kier alpha value is -3.48. The first-order valence-corrected chi connectivity index (χ1v) is 11.8. The van der Waals surface area contributed by atoms with Gasteiger partial charge in [-0.05, 0) is 37.1 Å². The molecule has 0 saturated carbocycles. The van der Waals surface area contributed by atoms with Gasteiger partial charge in [0.15, 0.2) is 5.16 Å². The van der Waals surface area contributed by atoms with E-state index < -0.39 is 0 Å². The van der Waals surface area contributed by atoms with E-state index in [0.717, 1.165) is 37.6 Å². The van der Waals surface area contributed by atoms with Crippen molar-refractivity contribution in [2.24, 2.45) is 0 Å². The van der Waals surface area contributed by atoms with Gasteiger partial charge in [0.2, 0.25) is 17.6 Å². The number of carbonyl (C=O) groups excluding carboxylic acids is 1. The van der Waals surface area contributed by atoms with Crippen molar-refractivity contribution >= 4 is 51.9 Å². The summed E-state index contributed by atoms with van der Waals surface area (Å²) in [6, 6.07) is 16.7. The molecule has 8 nitrogen and oxygen atoms in total. The van der Waals surface area contributed by atoms with Gasteiger partial charge in [-0.1, -0.05) is 47.6 Å². The predicted octanol–water partition coefficient (Wildman–Crippen LogP) is 4.87. The van der Waals surface area contributed by atoms with Gasteiger partial charge in [0, 0.05) is 18.5 Å². The third kappa shape index (κ3) is 4.15. The minimum Gasteiger partial charge on any atom is -0.443 e. The Labute approximate surface area is 199 Å². The number of nitriles is 1. The molecule has 1 aliphatic rings. The molecule has 3 heterocycles. The third-order valence-electron chi connectivity index (χ3n) is 5.39. The van der Waals surface area contributed by atoms with Gasteiger partial charge in [-0.15, -0.1) is 10.2 Å². The van der Waals surface area contributed by atoms with Crippen molar-refractivity contribution in [2.75, 3.05) is 29.1 Å². The Morgan fingerprint density at radius 2 is 1.91 bits per heavy atom. The number of furan rings is 1. The number of hydrogen-bond donors (Lipinski definition) is 1. The standard InChI is InChI=1S/C23H19ClN6O2S/c24-16-8-2-3-9-17(16)30-22(29-11-5-6-12-29)27-28-23(30)33-14-20(31)26-21-15-7-1-4-10-18(15)32-19(21)13-25/h1-4,7-10H,5-6,11-12,14H2,(H,26,31). The number of nitrogens with zero attached hydrogens (tertiary/aromatic N) is 5. The molecule has 0 unspecified atom stereocenters. The molecule has 33 heavy (non-hydrogen) atoms. The molecule has 5 rings (SSSR count). The van der Waals surface area contributed by atoms with E-state index in [1.165, 1.54) is 11.8 Å². The van der Waals surface area contributed by atoms with E-state index in [1.807, 2.05) is 47.0 Å². The lowest BCUT2D eigenvalue weighted by atomic mass is 10.2. The molecular weight excluding hydrogens is 460 g/mol. The first-order chi connectivity index (χ1) is 16.2. The Morgan fingerprint density at radius 1 is 1.15 bits per heavy atom. The number of hydrogen-bond acceptors (Lipinski definition) is 7. The van der Waals surface area contributed by atoms with Crippen LogP contribution in [-0.4, -0.2) is 39.5 Å². The summed E-state index contributed by atoms with van der Waals surface area (Å²) in [4.78, 5) is 15.0. The van der Waals surface area contributed by atoms with Crippen LogP contribution < -0.4 is 10.2 Å². The van der Waals surface area contributed by atoms with E-state index in [-0.39, 0.29) is 17.4 Å². The van der Waals surface area contributed by atoms with Gasteiger partial charge in [-0.2, -0.15) is 5.26 Å². The van der Waals surface area contributed by atoms with Crippen molar-refractivity contribution in [3.05, 3.63) is 59.3 Å². The number of rotatable bonds is 6.